The van der Waals surface area contributed by atoms with E-state index in [9.17, 15) is 19.2 Å². The van der Waals surface area contributed by atoms with Crippen LogP contribution in [0.1, 0.15) is 0 Å². The Morgan fingerprint density at radius 3 is 1.48 bits per heavy atom. The summed E-state index contributed by atoms with van der Waals surface area (Å²) in [6.07, 6.45) is 2.20. The molecule has 4 aromatic rings. The average molecular weight is 699 g/mol. The molecule has 0 saturated carbocycles. The summed E-state index contributed by atoms with van der Waals surface area (Å²) in [6, 6.07) is 34.5. The van der Waals surface area contributed by atoms with Gasteiger partial charge in [-0.2, -0.15) is 5.01 Å². The first-order valence-corrected chi connectivity index (χ1v) is 17.7. The van der Waals surface area contributed by atoms with Gasteiger partial charge in [0.05, 0.1) is 8.88 Å². The van der Waals surface area contributed by atoms with Crippen molar-refractivity contribution < 1.29 is 38.0 Å². The van der Waals surface area contributed by atoms with Crippen LogP contribution in [0.25, 0.3) is 0 Å². The molecule has 13 nitrogen and oxygen atoms in total. The summed E-state index contributed by atoms with van der Waals surface area (Å²) in [5.41, 5.74) is 0. The maximum Gasteiger partial charge on any atom is 0.315 e. The van der Waals surface area contributed by atoms with E-state index in [1.807, 2.05) is 6.07 Å². The van der Waals surface area contributed by atoms with E-state index in [4.69, 9.17) is 18.8 Å². The first kappa shape index (κ1) is 31.6. The summed E-state index contributed by atoms with van der Waals surface area (Å²) in [4.78, 5) is 64.5. The van der Waals surface area contributed by atoms with E-state index in [-0.39, 0.29) is 11.5 Å². The number of amides is 4. The van der Waals surface area contributed by atoms with Crippen LogP contribution in [0.5, 0.6) is 23.0 Å². The Morgan fingerprint density at radius 2 is 1.00 bits per heavy atom. The second-order valence-corrected chi connectivity index (χ2v) is 14.9. The summed E-state index contributed by atoms with van der Waals surface area (Å²) >= 11 is 0. The third kappa shape index (κ3) is 6.43. The molecule has 48 heavy (non-hydrogen) atoms. The van der Waals surface area contributed by atoms with E-state index in [1.165, 1.54) is 9.15 Å². The largest absolute Gasteiger partial charge is 0.447 e. The molecule has 1 N–H and O–H groups in total. The molecule has 240 valence electrons. The van der Waals surface area contributed by atoms with E-state index in [2.05, 4.69) is 4.86 Å². The quantitative estimate of drug-likeness (QED) is 0.159. The lowest BCUT2D eigenvalue weighted by molar-refractivity contribution is -0.145. The van der Waals surface area contributed by atoms with Crippen molar-refractivity contribution >= 4 is 49.3 Å². The molecule has 1 saturated heterocycles. The Balaban J connectivity index is 1.30. The molecule has 7 rings (SSSR count). The first-order valence-electron chi connectivity index (χ1n) is 14.3. The number of hydrogen-bond donors (Lipinski definition) is 1. The van der Waals surface area contributed by atoms with Crippen LogP contribution in [0.2, 0.25) is 0 Å². The van der Waals surface area contributed by atoms with Crippen LogP contribution in [-0.2, 0) is 19.2 Å². The van der Waals surface area contributed by atoms with Crippen molar-refractivity contribution in [2.75, 3.05) is 0 Å². The monoisotopic (exact) mass is 699 g/mol. The van der Waals surface area contributed by atoms with Crippen molar-refractivity contribution in [3.8, 4) is 23.0 Å². The van der Waals surface area contributed by atoms with Gasteiger partial charge in [0.15, 0.2) is 8.37 Å². The second-order valence-electron chi connectivity index (χ2n) is 9.85. The fraction of sp³-hybridized carbons (Fsp3) is 0. The molecule has 3 aliphatic heterocycles. The van der Waals surface area contributed by atoms with Crippen molar-refractivity contribution in [3.63, 3.8) is 0 Å². The highest BCUT2D eigenvalue weighted by molar-refractivity contribution is 7.76. The molecule has 0 spiro atoms. The van der Waals surface area contributed by atoms with Gasteiger partial charge in [0.1, 0.15) is 23.0 Å². The number of carbonyl (C=O) groups is 4. The third-order valence-electron chi connectivity index (χ3n) is 6.65. The zero-order valence-electron chi connectivity index (χ0n) is 24.7. The molecular formula is C32H24N5O8P3. The Hall–Kier alpha value is -4.99. The van der Waals surface area contributed by atoms with Crippen LogP contribution in [0.4, 0.5) is 0 Å². The van der Waals surface area contributed by atoms with Gasteiger partial charge in [-0.3, -0.25) is 19.2 Å². The fourth-order valence-electron chi connectivity index (χ4n) is 4.51. The van der Waals surface area contributed by atoms with Crippen LogP contribution >= 0.6 is 25.7 Å². The van der Waals surface area contributed by atoms with Gasteiger partial charge in [-0.25, -0.2) is 9.53 Å². The molecule has 16 heteroatoms. The Labute approximate surface area is 278 Å². The topological polar surface area (TPSA) is 130 Å². The molecule has 0 radical (unpaired) electrons. The van der Waals surface area contributed by atoms with Gasteiger partial charge in [0.2, 0.25) is 11.5 Å². The van der Waals surface area contributed by atoms with E-state index in [0.717, 1.165) is 21.8 Å². The molecule has 4 amide bonds. The van der Waals surface area contributed by atoms with Crippen molar-refractivity contribution in [1.82, 2.24) is 23.7 Å². The van der Waals surface area contributed by atoms with Crippen LogP contribution in [0.3, 0.4) is 0 Å². The minimum atomic E-state index is -2.36. The number of imide groups is 2. The van der Waals surface area contributed by atoms with Gasteiger partial charge in [-0.15, -0.1) is 0 Å². The van der Waals surface area contributed by atoms with Crippen LogP contribution in [-0.4, -0.2) is 42.5 Å². The zero-order valence-corrected chi connectivity index (χ0v) is 27.4. The molecule has 3 atom stereocenters. The number of carbonyl (C=O) groups excluding carboxylic acids is 4. The van der Waals surface area contributed by atoms with Crippen molar-refractivity contribution in [2.24, 2.45) is 0 Å². The van der Waals surface area contributed by atoms with E-state index in [1.54, 1.807) is 115 Å². The number of benzene rings is 4. The zero-order chi connectivity index (χ0) is 33.0. The van der Waals surface area contributed by atoms with Gasteiger partial charge in [0.25, 0.3) is 11.8 Å². The molecule has 3 heterocycles. The highest BCUT2D eigenvalue weighted by Gasteiger charge is 2.57. The predicted octanol–water partition coefficient (Wildman–Crippen LogP) is 5.81. The second kappa shape index (κ2) is 14.0. The highest BCUT2D eigenvalue weighted by atomic mass is 31.3. The maximum absolute atomic E-state index is 14.3. The molecule has 0 bridgehead atoms. The van der Waals surface area contributed by atoms with Crippen LogP contribution in [0, 0.1) is 0 Å². The maximum atomic E-state index is 14.3. The van der Waals surface area contributed by atoms with Crippen molar-refractivity contribution in [2.45, 2.75) is 0 Å². The van der Waals surface area contributed by atoms with E-state index < -0.39 is 49.3 Å². The van der Waals surface area contributed by atoms with E-state index >= 15 is 0 Å². The third-order valence-corrected chi connectivity index (χ3v) is 12.4. The molecule has 0 aromatic heterocycles. The Morgan fingerprint density at radius 1 is 0.562 bits per heavy atom. The van der Waals surface area contributed by atoms with Crippen molar-refractivity contribution in [3.05, 3.63) is 145 Å². The Bertz CT molecular complexity index is 1820. The summed E-state index contributed by atoms with van der Waals surface area (Å²) in [5, 5.41) is 0.840. The lowest BCUT2D eigenvalue weighted by Crippen LogP contribution is -2.51. The SMILES string of the molecule is O=C1C=CC(=O)N1N1P(N2C(=O)C(Oc3ccccc3)=C(Oc3ccccc3)C2=O)NPN(Oc2ccccc2)P1Oc1ccccc1. The summed E-state index contributed by atoms with van der Waals surface area (Å²) in [7, 11) is -5.03. The summed E-state index contributed by atoms with van der Waals surface area (Å²) < 4.78 is 22.0. The molecular weight excluding hydrogens is 675 g/mol. The smallest absolute Gasteiger partial charge is 0.315 e. The number of nitrogens with zero attached hydrogens (tertiary/aromatic N) is 4. The van der Waals surface area contributed by atoms with Gasteiger partial charge in [0, 0.05) is 12.2 Å². The predicted molar refractivity (Wildman–Crippen MR) is 177 cm³/mol. The molecule has 3 unspecified atom stereocenters. The fourth-order valence-corrected chi connectivity index (χ4v) is 11.1. The number of nitrogens with one attached hydrogen (secondary N) is 1. The van der Waals surface area contributed by atoms with Crippen LogP contribution < -0.4 is 23.7 Å². The Kier molecular flexibility index (Phi) is 9.22. The summed E-state index contributed by atoms with van der Waals surface area (Å²) in [6.45, 7) is 0. The number of hydrazine groups is 1. The lowest BCUT2D eigenvalue weighted by Gasteiger charge is -2.47. The minimum absolute atomic E-state index is 0.291. The number of ether oxygens (including phenoxy) is 2. The highest BCUT2D eigenvalue weighted by Crippen LogP contribution is 2.68. The van der Waals surface area contributed by atoms with Crippen molar-refractivity contribution in [1.29, 1.82) is 0 Å². The normalized spacial score (nSPS) is 20.6. The van der Waals surface area contributed by atoms with Crippen LogP contribution in [0.15, 0.2) is 145 Å². The minimum Gasteiger partial charge on any atom is -0.447 e. The van der Waals surface area contributed by atoms with Gasteiger partial charge >= 0.3 is 20.3 Å². The first-order chi connectivity index (χ1) is 23.5. The molecule has 3 aliphatic rings. The van der Waals surface area contributed by atoms with Gasteiger partial charge in [-0.05, 0) is 53.1 Å². The molecule has 0 aliphatic carbocycles. The number of para-hydroxylation sites is 4. The average Bonchev–Trinajstić information content (AvgIpc) is 3.56. The number of rotatable bonds is 10. The lowest BCUT2D eigenvalue weighted by atomic mass is 10.3. The molecule has 1 fully saturated rings. The van der Waals surface area contributed by atoms with Gasteiger partial charge < -0.3 is 18.8 Å². The van der Waals surface area contributed by atoms with Gasteiger partial charge in [-0.1, -0.05) is 77.3 Å². The van der Waals surface area contributed by atoms with E-state index in [0.29, 0.717) is 23.0 Å². The number of hydrogen-bond acceptors (Lipinski definition) is 11. The standard InChI is InChI=1S/C32H24N5O8P3/c38-27-21-22-28(39)34(27)36-47(33-46-37(44-25-17-9-3-10-18-25)48(36)45-26-19-11-4-12-20-26)35-31(40)29(42-23-13-5-1-6-14-23)30(32(35)41)43-24-15-7-2-8-16-24/h1-22,33,46H. The molecule has 4 aromatic carbocycles. The summed E-state index contributed by atoms with van der Waals surface area (Å²) in [5.74, 6) is -2.39.